The average Bonchev–Trinajstić information content (AvgIpc) is 3.35. The van der Waals surface area contributed by atoms with Crippen LogP contribution in [0.4, 0.5) is 0 Å². The molecule has 0 bridgehead atoms. The van der Waals surface area contributed by atoms with Crippen molar-refractivity contribution in [3.63, 3.8) is 0 Å². The third-order valence-corrected chi connectivity index (χ3v) is 4.63. The molecule has 0 radical (unpaired) electrons. The Balaban J connectivity index is 1.70. The molecule has 1 atom stereocenters. The van der Waals surface area contributed by atoms with Crippen molar-refractivity contribution in [1.29, 1.82) is 0 Å². The second kappa shape index (κ2) is 6.62. The van der Waals surface area contributed by atoms with Gasteiger partial charge in [-0.15, -0.1) is 11.3 Å². The van der Waals surface area contributed by atoms with E-state index in [4.69, 9.17) is 14.2 Å². The van der Waals surface area contributed by atoms with Crippen LogP contribution in [0.15, 0.2) is 42.0 Å². The first-order valence-electron chi connectivity index (χ1n) is 7.72. The van der Waals surface area contributed by atoms with Crippen molar-refractivity contribution in [2.45, 2.75) is 12.5 Å². The van der Waals surface area contributed by atoms with Gasteiger partial charge in [-0.3, -0.25) is 0 Å². The summed E-state index contributed by atoms with van der Waals surface area (Å²) in [6.07, 6.45) is 4.50. The van der Waals surface area contributed by atoms with Gasteiger partial charge < -0.3 is 14.2 Å². The Labute approximate surface area is 143 Å². The standard InChI is InChI=1S/C17H17N3O3S/c1-21-15-3-2-12(10-16(15)23-13-5-8-22-11-13)14-4-6-19-20(14)17-18-7-9-24-17/h2-4,6-7,9-10,13H,5,8,11H2,1H3. The molecule has 3 aromatic rings. The molecule has 1 aliphatic heterocycles. The van der Waals surface area contributed by atoms with Crippen molar-refractivity contribution in [1.82, 2.24) is 14.8 Å². The molecule has 1 saturated heterocycles. The van der Waals surface area contributed by atoms with E-state index in [1.165, 1.54) is 0 Å². The Bertz CT molecular complexity index is 810. The Morgan fingerprint density at radius 3 is 2.96 bits per heavy atom. The zero-order valence-corrected chi connectivity index (χ0v) is 14.0. The van der Waals surface area contributed by atoms with E-state index in [0.29, 0.717) is 12.4 Å². The van der Waals surface area contributed by atoms with Gasteiger partial charge in [0, 0.05) is 23.6 Å². The van der Waals surface area contributed by atoms with Crippen LogP contribution >= 0.6 is 11.3 Å². The van der Waals surface area contributed by atoms with Crippen molar-refractivity contribution >= 4 is 11.3 Å². The van der Waals surface area contributed by atoms with Gasteiger partial charge in [0.05, 0.1) is 32.2 Å². The lowest BCUT2D eigenvalue weighted by molar-refractivity contribution is 0.138. The van der Waals surface area contributed by atoms with Crippen LogP contribution in [0, 0.1) is 0 Å². The lowest BCUT2D eigenvalue weighted by Gasteiger charge is -2.16. The van der Waals surface area contributed by atoms with Gasteiger partial charge in [0.15, 0.2) is 11.5 Å². The monoisotopic (exact) mass is 343 g/mol. The summed E-state index contributed by atoms with van der Waals surface area (Å²) in [4.78, 5) is 4.33. The molecule has 2 aromatic heterocycles. The summed E-state index contributed by atoms with van der Waals surface area (Å²) in [6.45, 7) is 1.36. The Morgan fingerprint density at radius 2 is 2.21 bits per heavy atom. The van der Waals surface area contributed by atoms with Gasteiger partial charge >= 0.3 is 0 Å². The van der Waals surface area contributed by atoms with Crippen LogP contribution < -0.4 is 9.47 Å². The molecule has 7 heteroatoms. The molecule has 0 amide bonds. The zero-order valence-electron chi connectivity index (χ0n) is 13.2. The highest BCUT2D eigenvalue weighted by atomic mass is 32.1. The van der Waals surface area contributed by atoms with Gasteiger partial charge in [-0.2, -0.15) is 5.10 Å². The summed E-state index contributed by atoms with van der Waals surface area (Å²) in [7, 11) is 1.65. The Kier molecular flexibility index (Phi) is 4.18. The second-order valence-electron chi connectivity index (χ2n) is 5.41. The maximum atomic E-state index is 6.07. The maximum absolute atomic E-state index is 6.07. The second-order valence-corrected chi connectivity index (χ2v) is 6.29. The molecule has 0 spiro atoms. The summed E-state index contributed by atoms with van der Waals surface area (Å²) in [5, 5.41) is 7.15. The fourth-order valence-electron chi connectivity index (χ4n) is 2.71. The molecule has 1 fully saturated rings. The molecule has 24 heavy (non-hydrogen) atoms. The van der Waals surface area contributed by atoms with Gasteiger partial charge in [-0.25, -0.2) is 9.67 Å². The molecular weight excluding hydrogens is 326 g/mol. The minimum atomic E-state index is 0.0676. The molecule has 1 aromatic carbocycles. The summed E-state index contributed by atoms with van der Waals surface area (Å²) in [5.41, 5.74) is 1.96. The van der Waals surface area contributed by atoms with Crippen molar-refractivity contribution in [3.05, 3.63) is 42.0 Å². The van der Waals surface area contributed by atoms with Gasteiger partial charge in [0.1, 0.15) is 6.10 Å². The van der Waals surface area contributed by atoms with E-state index in [1.54, 1.807) is 30.8 Å². The van der Waals surface area contributed by atoms with Crippen molar-refractivity contribution in [3.8, 4) is 27.9 Å². The smallest absolute Gasteiger partial charge is 0.210 e. The number of nitrogens with zero attached hydrogens (tertiary/aromatic N) is 3. The first kappa shape index (κ1) is 15.2. The molecule has 124 valence electrons. The zero-order chi connectivity index (χ0) is 16.4. The molecule has 1 unspecified atom stereocenters. The lowest BCUT2D eigenvalue weighted by atomic mass is 10.1. The van der Waals surface area contributed by atoms with E-state index >= 15 is 0 Å². The fourth-order valence-corrected chi connectivity index (χ4v) is 3.32. The first-order chi connectivity index (χ1) is 11.8. The van der Waals surface area contributed by atoms with Crippen LogP contribution in [0.2, 0.25) is 0 Å². The molecule has 0 saturated carbocycles. The Morgan fingerprint density at radius 1 is 1.25 bits per heavy atom. The van der Waals surface area contributed by atoms with E-state index in [-0.39, 0.29) is 6.10 Å². The Hall–Kier alpha value is -2.38. The molecule has 0 N–H and O–H groups in total. The predicted octanol–water partition coefficient (Wildman–Crippen LogP) is 3.17. The lowest BCUT2D eigenvalue weighted by Crippen LogP contribution is -2.16. The van der Waals surface area contributed by atoms with Crippen LogP contribution in [0.5, 0.6) is 11.5 Å². The number of thiazole rings is 1. The third-order valence-electron chi connectivity index (χ3n) is 3.88. The minimum Gasteiger partial charge on any atom is -0.493 e. The van der Waals surface area contributed by atoms with E-state index < -0.39 is 0 Å². The van der Waals surface area contributed by atoms with Gasteiger partial charge in [-0.1, -0.05) is 0 Å². The largest absolute Gasteiger partial charge is 0.493 e. The van der Waals surface area contributed by atoms with Gasteiger partial charge in [0.2, 0.25) is 5.13 Å². The number of rotatable bonds is 5. The van der Waals surface area contributed by atoms with Crippen LogP contribution in [0.1, 0.15) is 6.42 Å². The SMILES string of the molecule is COc1ccc(-c2ccnn2-c2nccs2)cc1OC1CCOC1. The number of aromatic nitrogens is 3. The summed E-state index contributed by atoms with van der Waals surface area (Å²) < 4.78 is 18.7. The van der Waals surface area contributed by atoms with Crippen LogP contribution in [-0.2, 0) is 4.74 Å². The fraction of sp³-hybridized carbons (Fsp3) is 0.294. The van der Waals surface area contributed by atoms with Gasteiger partial charge in [-0.05, 0) is 24.3 Å². The average molecular weight is 343 g/mol. The quantitative estimate of drug-likeness (QED) is 0.712. The predicted molar refractivity (Wildman–Crippen MR) is 91.1 cm³/mol. The first-order valence-corrected chi connectivity index (χ1v) is 8.60. The van der Waals surface area contributed by atoms with E-state index in [2.05, 4.69) is 10.1 Å². The number of benzene rings is 1. The number of hydrogen-bond donors (Lipinski definition) is 0. The van der Waals surface area contributed by atoms with Crippen LogP contribution in [0.3, 0.4) is 0 Å². The highest BCUT2D eigenvalue weighted by Crippen LogP contribution is 2.34. The van der Waals surface area contributed by atoms with E-state index in [1.807, 2.05) is 34.3 Å². The number of hydrogen-bond acceptors (Lipinski definition) is 6. The summed E-state index contributed by atoms with van der Waals surface area (Å²) >= 11 is 1.54. The molecule has 6 nitrogen and oxygen atoms in total. The highest BCUT2D eigenvalue weighted by Gasteiger charge is 2.20. The van der Waals surface area contributed by atoms with Crippen molar-refractivity contribution in [2.24, 2.45) is 0 Å². The topological polar surface area (TPSA) is 58.4 Å². The summed E-state index contributed by atoms with van der Waals surface area (Å²) in [6, 6.07) is 7.86. The van der Waals surface area contributed by atoms with Crippen LogP contribution in [-0.4, -0.2) is 41.2 Å². The number of methoxy groups -OCH3 is 1. The number of ether oxygens (including phenoxy) is 3. The highest BCUT2D eigenvalue weighted by molar-refractivity contribution is 7.12. The van der Waals surface area contributed by atoms with E-state index in [9.17, 15) is 0 Å². The van der Waals surface area contributed by atoms with Crippen molar-refractivity contribution < 1.29 is 14.2 Å². The molecule has 4 rings (SSSR count). The van der Waals surface area contributed by atoms with Crippen molar-refractivity contribution in [2.75, 3.05) is 20.3 Å². The molecule has 0 aliphatic carbocycles. The molecule has 1 aliphatic rings. The third kappa shape index (κ3) is 2.88. The minimum absolute atomic E-state index is 0.0676. The normalized spacial score (nSPS) is 17.1. The van der Waals surface area contributed by atoms with Gasteiger partial charge in [0.25, 0.3) is 0 Å². The van der Waals surface area contributed by atoms with Crippen LogP contribution in [0.25, 0.3) is 16.4 Å². The van der Waals surface area contributed by atoms with E-state index in [0.717, 1.165) is 35.2 Å². The summed E-state index contributed by atoms with van der Waals surface area (Å²) in [5.74, 6) is 1.43. The molecule has 3 heterocycles. The maximum Gasteiger partial charge on any atom is 0.210 e. The molecular formula is C17H17N3O3S.